The molecule has 0 aliphatic heterocycles. The number of hydrogen-bond donors (Lipinski definition) is 3. The Balaban J connectivity index is 1.97. The Hall–Kier alpha value is -3.88. The Morgan fingerprint density at radius 1 is 1.07 bits per heavy atom. The second-order valence-corrected chi connectivity index (χ2v) is 5.64. The molecule has 0 saturated carbocycles. The first-order chi connectivity index (χ1) is 13.6. The second-order valence-electron chi connectivity index (χ2n) is 5.64. The van der Waals surface area contributed by atoms with Crippen LogP contribution in [-0.4, -0.2) is 46.8 Å². The molecule has 0 unspecified atom stereocenters. The van der Waals surface area contributed by atoms with Crippen molar-refractivity contribution in [1.82, 2.24) is 15.0 Å². The quantitative estimate of drug-likeness (QED) is 0.541. The summed E-state index contributed by atoms with van der Waals surface area (Å²) >= 11 is 0. The van der Waals surface area contributed by atoms with Gasteiger partial charge in [0.1, 0.15) is 23.9 Å². The maximum absolute atomic E-state index is 10.9. The summed E-state index contributed by atoms with van der Waals surface area (Å²) < 4.78 is 10.6. The van der Waals surface area contributed by atoms with E-state index >= 15 is 0 Å². The molecule has 9 heteroatoms. The van der Waals surface area contributed by atoms with E-state index in [2.05, 4.69) is 25.6 Å². The average Bonchev–Trinajstić information content (AvgIpc) is 2.73. The van der Waals surface area contributed by atoms with E-state index in [1.165, 1.54) is 0 Å². The van der Waals surface area contributed by atoms with Gasteiger partial charge in [0.15, 0.2) is 0 Å². The first-order valence-electron chi connectivity index (χ1n) is 8.33. The monoisotopic (exact) mass is 381 g/mol. The van der Waals surface area contributed by atoms with Gasteiger partial charge < -0.3 is 25.2 Å². The van der Waals surface area contributed by atoms with E-state index in [0.29, 0.717) is 28.7 Å². The number of pyridine rings is 1. The van der Waals surface area contributed by atoms with Gasteiger partial charge in [0, 0.05) is 30.1 Å². The van der Waals surface area contributed by atoms with Crippen LogP contribution in [0, 0.1) is 0 Å². The van der Waals surface area contributed by atoms with E-state index in [4.69, 9.17) is 14.6 Å². The SMILES string of the molecule is COc1ccc(Nc2cc(-c3ccncc3)nc(NCC(=O)O)n2)c(OC)c1. The number of aliphatic carboxylic acids is 1. The van der Waals surface area contributed by atoms with E-state index in [1.54, 1.807) is 63.0 Å². The molecule has 0 bridgehead atoms. The highest BCUT2D eigenvalue weighted by atomic mass is 16.5. The molecule has 144 valence electrons. The lowest BCUT2D eigenvalue weighted by Crippen LogP contribution is -2.15. The zero-order chi connectivity index (χ0) is 19.9. The fourth-order valence-corrected chi connectivity index (χ4v) is 2.46. The minimum atomic E-state index is -1.01. The van der Waals surface area contributed by atoms with E-state index in [1.807, 2.05) is 0 Å². The zero-order valence-electron chi connectivity index (χ0n) is 15.3. The van der Waals surface area contributed by atoms with E-state index < -0.39 is 5.97 Å². The summed E-state index contributed by atoms with van der Waals surface area (Å²) in [6, 6.07) is 10.7. The van der Waals surface area contributed by atoms with Crippen LogP contribution in [0.4, 0.5) is 17.5 Å². The molecule has 0 aliphatic carbocycles. The normalized spacial score (nSPS) is 10.2. The molecule has 28 heavy (non-hydrogen) atoms. The first-order valence-corrected chi connectivity index (χ1v) is 8.33. The van der Waals surface area contributed by atoms with Gasteiger partial charge in [0.25, 0.3) is 0 Å². The molecule has 0 spiro atoms. The van der Waals surface area contributed by atoms with Crippen LogP contribution >= 0.6 is 0 Å². The number of nitrogens with zero attached hydrogens (tertiary/aromatic N) is 3. The first kappa shape index (κ1) is 18.9. The third-order valence-corrected chi connectivity index (χ3v) is 3.77. The number of carbonyl (C=O) groups is 1. The van der Waals surface area contributed by atoms with Crippen molar-refractivity contribution in [2.24, 2.45) is 0 Å². The van der Waals surface area contributed by atoms with Gasteiger partial charge in [-0.15, -0.1) is 0 Å². The van der Waals surface area contributed by atoms with Crippen molar-refractivity contribution in [3.05, 3.63) is 48.8 Å². The largest absolute Gasteiger partial charge is 0.497 e. The number of hydrogen-bond acceptors (Lipinski definition) is 8. The number of carboxylic acids is 1. The van der Waals surface area contributed by atoms with E-state index in [-0.39, 0.29) is 12.5 Å². The smallest absolute Gasteiger partial charge is 0.322 e. The van der Waals surface area contributed by atoms with Gasteiger partial charge in [-0.05, 0) is 24.3 Å². The van der Waals surface area contributed by atoms with Gasteiger partial charge in [-0.25, -0.2) is 4.98 Å². The number of rotatable bonds is 8. The summed E-state index contributed by atoms with van der Waals surface area (Å²) in [5.74, 6) is 0.879. The predicted octanol–water partition coefficient (Wildman–Crippen LogP) is 2.80. The number of carboxylic acid groups (broad SMARTS) is 1. The Morgan fingerprint density at radius 2 is 1.86 bits per heavy atom. The highest BCUT2D eigenvalue weighted by Gasteiger charge is 2.11. The topological polar surface area (TPSA) is 118 Å². The zero-order valence-corrected chi connectivity index (χ0v) is 15.3. The predicted molar refractivity (Wildman–Crippen MR) is 104 cm³/mol. The van der Waals surface area contributed by atoms with Crippen molar-refractivity contribution in [1.29, 1.82) is 0 Å². The molecular weight excluding hydrogens is 362 g/mol. The van der Waals surface area contributed by atoms with Crippen molar-refractivity contribution < 1.29 is 19.4 Å². The maximum atomic E-state index is 10.9. The Bertz CT molecular complexity index is 966. The number of anilines is 3. The highest BCUT2D eigenvalue weighted by molar-refractivity contribution is 5.73. The number of aromatic nitrogens is 3. The molecule has 0 fully saturated rings. The number of benzene rings is 1. The summed E-state index contributed by atoms with van der Waals surface area (Å²) in [5.41, 5.74) is 2.10. The van der Waals surface area contributed by atoms with Crippen molar-refractivity contribution in [2.75, 3.05) is 31.4 Å². The van der Waals surface area contributed by atoms with Gasteiger partial charge >= 0.3 is 5.97 Å². The summed E-state index contributed by atoms with van der Waals surface area (Å²) in [7, 11) is 3.13. The summed E-state index contributed by atoms with van der Waals surface area (Å²) in [6.07, 6.45) is 3.31. The lowest BCUT2D eigenvalue weighted by molar-refractivity contribution is -0.134. The van der Waals surface area contributed by atoms with Crippen LogP contribution in [0.15, 0.2) is 48.8 Å². The van der Waals surface area contributed by atoms with Gasteiger partial charge in [-0.3, -0.25) is 9.78 Å². The molecule has 0 saturated heterocycles. The Kier molecular flexibility index (Phi) is 5.85. The van der Waals surface area contributed by atoms with Crippen molar-refractivity contribution in [2.45, 2.75) is 0 Å². The molecule has 3 rings (SSSR count). The summed E-state index contributed by atoms with van der Waals surface area (Å²) in [6.45, 7) is -0.301. The van der Waals surface area contributed by atoms with Crippen LogP contribution in [0.1, 0.15) is 0 Å². The van der Waals surface area contributed by atoms with Crippen molar-refractivity contribution in [3.63, 3.8) is 0 Å². The molecule has 2 aromatic heterocycles. The highest BCUT2D eigenvalue weighted by Crippen LogP contribution is 2.32. The van der Waals surface area contributed by atoms with E-state index in [0.717, 1.165) is 5.56 Å². The fraction of sp³-hybridized carbons (Fsp3) is 0.158. The lowest BCUT2D eigenvalue weighted by atomic mass is 10.2. The summed E-state index contributed by atoms with van der Waals surface area (Å²) in [4.78, 5) is 23.6. The average molecular weight is 381 g/mol. The molecule has 1 aromatic carbocycles. The third kappa shape index (κ3) is 4.64. The lowest BCUT2D eigenvalue weighted by Gasteiger charge is -2.14. The molecule has 0 atom stereocenters. The Morgan fingerprint density at radius 3 is 2.54 bits per heavy atom. The van der Waals surface area contributed by atoms with Gasteiger partial charge in [-0.1, -0.05) is 0 Å². The van der Waals surface area contributed by atoms with Crippen LogP contribution in [0.3, 0.4) is 0 Å². The maximum Gasteiger partial charge on any atom is 0.322 e. The molecule has 3 N–H and O–H groups in total. The molecule has 0 aliphatic rings. The minimum absolute atomic E-state index is 0.187. The number of ether oxygens (including phenoxy) is 2. The molecule has 0 radical (unpaired) electrons. The fourth-order valence-electron chi connectivity index (χ4n) is 2.46. The van der Waals surface area contributed by atoms with Crippen molar-refractivity contribution in [3.8, 4) is 22.8 Å². The molecule has 3 aromatic rings. The van der Waals surface area contributed by atoms with Crippen LogP contribution in [0.2, 0.25) is 0 Å². The van der Waals surface area contributed by atoms with Crippen molar-refractivity contribution >= 4 is 23.4 Å². The molecule has 2 heterocycles. The van der Waals surface area contributed by atoms with Crippen LogP contribution < -0.4 is 20.1 Å². The van der Waals surface area contributed by atoms with Gasteiger partial charge in [0.2, 0.25) is 5.95 Å². The second kappa shape index (κ2) is 8.67. The van der Waals surface area contributed by atoms with Gasteiger partial charge in [0.05, 0.1) is 25.6 Å². The minimum Gasteiger partial charge on any atom is -0.497 e. The summed E-state index contributed by atoms with van der Waals surface area (Å²) in [5, 5.41) is 14.8. The standard InChI is InChI=1S/C19H19N5O4/c1-27-13-3-4-14(16(9-13)28-2)22-17-10-15(12-5-7-20-8-6-12)23-19(24-17)21-11-18(25)26/h3-10H,11H2,1-2H3,(H,25,26)(H2,21,22,23,24). The molecular formula is C19H19N5O4. The van der Waals surface area contributed by atoms with E-state index in [9.17, 15) is 4.79 Å². The molecule has 0 amide bonds. The van der Waals surface area contributed by atoms with Crippen LogP contribution in [-0.2, 0) is 4.79 Å². The molecule has 9 nitrogen and oxygen atoms in total. The van der Waals surface area contributed by atoms with Crippen LogP contribution in [0.25, 0.3) is 11.3 Å². The number of methoxy groups -OCH3 is 2. The Labute approximate surface area is 161 Å². The third-order valence-electron chi connectivity index (χ3n) is 3.77. The van der Waals surface area contributed by atoms with Crippen LogP contribution in [0.5, 0.6) is 11.5 Å². The van der Waals surface area contributed by atoms with Gasteiger partial charge in [-0.2, -0.15) is 4.98 Å². The number of nitrogens with one attached hydrogen (secondary N) is 2.